The molecule has 1 aromatic heterocycles. The van der Waals surface area contributed by atoms with E-state index in [1.54, 1.807) is 47.0 Å². The number of aliphatic hydroxyl groups excluding tert-OH is 1. The van der Waals surface area contributed by atoms with Crippen molar-refractivity contribution in [2.75, 3.05) is 6.54 Å². The van der Waals surface area contributed by atoms with E-state index in [-0.39, 0.29) is 24.3 Å². The highest BCUT2D eigenvalue weighted by Gasteiger charge is 2.36. The van der Waals surface area contributed by atoms with E-state index in [1.165, 1.54) is 12.1 Å². The number of nitrogens with zero attached hydrogens (tertiary/aromatic N) is 4. The van der Waals surface area contributed by atoms with Crippen LogP contribution in [0.3, 0.4) is 0 Å². The van der Waals surface area contributed by atoms with Crippen LogP contribution in [0.2, 0.25) is 0 Å². The molecule has 128 valence electrons. The van der Waals surface area contributed by atoms with E-state index in [2.05, 4.69) is 10.3 Å². The van der Waals surface area contributed by atoms with Crippen molar-refractivity contribution in [2.45, 2.75) is 18.6 Å². The first-order valence-electron chi connectivity index (χ1n) is 8.07. The van der Waals surface area contributed by atoms with Crippen molar-refractivity contribution in [3.8, 4) is 0 Å². The summed E-state index contributed by atoms with van der Waals surface area (Å²) in [5.74, 6) is -0.553. The lowest BCUT2D eigenvalue weighted by atomic mass is 10.0. The van der Waals surface area contributed by atoms with Crippen molar-refractivity contribution in [1.82, 2.24) is 19.9 Å². The van der Waals surface area contributed by atoms with Crippen LogP contribution in [0.15, 0.2) is 42.5 Å². The number of benzene rings is 2. The van der Waals surface area contributed by atoms with Gasteiger partial charge in [-0.05, 0) is 42.3 Å². The van der Waals surface area contributed by atoms with Crippen LogP contribution < -0.4 is 0 Å². The number of halogens is 1. The molecule has 0 bridgehead atoms. The summed E-state index contributed by atoms with van der Waals surface area (Å²) in [7, 11) is 1.76. The standard InChI is InChI=1S/C18H17FN4O2/c1-22-17-8-12(5-6-15(17)20-21-22)18(25)23-10-14(24)9-16(23)11-3-2-4-13(19)7-11/h2-8,14,16,24H,9-10H2,1H3/t14-,16-/m1/s1. The third-order valence-electron chi connectivity index (χ3n) is 4.63. The van der Waals surface area contributed by atoms with Crippen molar-refractivity contribution in [1.29, 1.82) is 0 Å². The Bertz CT molecular complexity index is 955. The molecule has 0 unspecified atom stereocenters. The van der Waals surface area contributed by atoms with Crippen molar-refractivity contribution in [3.05, 3.63) is 59.4 Å². The van der Waals surface area contributed by atoms with Crippen LogP contribution >= 0.6 is 0 Å². The third kappa shape index (κ3) is 2.76. The summed E-state index contributed by atoms with van der Waals surface area (Å²) < 4.78 is 15.2. The lowest BCUT2D eigenvalue weighted by Crippen LogP contribution is -2.31. The van der Waals surface area contributed by atoms with E-state index in [0.717, 1.165) is 5.52 Å². The lowest BCUT2D eigenvalue weighted by molar-refractivity contribution is 0.0715. The molecule has 0 saturated carbocycles. The summed E-state index contributed by atoms with van der Waals surface area (Å²) in [5, 5.41) is 18.0. The highest BCUT2D eigenvalue weighted by atomic mass is 19.1. The summed E-state index contributed by atoms with van der Waals surface area (Å²) in [4.78, 5) is 14.6. The summed E-state index contributed by atoms with van der Waals surface area (Å²) in [6.45, 7) is 0.224. The maximum atomic E-state index is 13.6. The summed E-state index contributed by atoms with van der Waals surface area (Å²) in [6, 6.07) is 11.0. The minimum absolute atomic E-state index is 0.200. The van der Waals surface area contributed by atoms with Gasteiger partial charge in [0.1, 0.15) is 11.3 Å². The normalized spacial score (nSPS) is 20.4. The topological polar surface area (TPSA) is 71.2 Å². The predicted molar refractivity (Wildman–Crippen MR) is 89.3 cm³/mol. The predicted octanol–water partition coefficient (Wildman–Crippen LogP) is 2.06. The SMILES string of the molecule is Cn1nnc2ccc(C(=O)N3C[C@H](O)C[C@@H]3c3cccc(F)c3)cc21. The third-order valence-corrected chi connectivity index (χ3v) is 4.63. The Morgan fingerprint density at radius 1 is 1.28 bits per heavy atom. The van der Waals surface area contributed by atoms with Crippen LogP contribution in [0.25, 0.3) is 11.0 Å². The molecule has 3 aromatic rings. The molecule has 25 heavy (non-hydrogen) atoms. The Morgan fingerprint density at radius 2 is 2.12 bits per heavy atom. The second kappa shape index (κ2) is 5.93. The zero-order valence-electron chi connectivity index (χ0n) is 13.6. The smallest absolute Gasteiger partial charge is 0.254 e. The van der Waals surface area contributed by atoms with Gasteiger partial charge in [-0.15, -0.1) is 5.10 Å². The Balaban J connectivity index is 1.70. The molecule has 0 radical (unpaired) electrons. The number of β-amino-alcohol motifs (C(OH)–C–C–N with tert-alkyl or cyclic N) is 1. The van der Waals surface area contributed by atoms with Crippen molar-refractivity contribution >= 4 is 16.9 Å². The van der Waals surface area contributed by atoms with Gasteiger partial charge in [0, 0.05) is 19.2 Å². The van der Waals surface area contributed by atoms with Gasteiger partial charge in [-0.2, -0.15) is 0 Å². The average Bonchev–Trinajstić information content (AvgIpc) is 3.17. The first-order valence-corrected chi connectivity index (χ1v) is 8.07. The molecule has 2 heterocycles. The Kier molecular flexibility index (Phi) is 3.73. The van der Waals surface area contributed by atoms with Gasteiger partial charge < -0.3 is 10.0 Å². The molecule has 2 atom stereocenters. The van der Waals surface area contributed by atoms with Gasteiger partial charge in [0.05, 0.1) is 17.7 Å². The minimum Gasteiger partial charge on any atom is -0.391 e. The highest BCUT2D eigenvalue weighted by molar-refractivity contribution is 5.97. The Hall–Kier alpha value is -2.80. The molecule has 6 nitrogen and oxygen atoms in total. The maximum Gasteiger partial charge on any atom is 0.254 e. The first-order chi connectivity index (χ1) is 12.0. The fourth-order valence-electron chi connectivity index (χ4n) is 3.40. The molecule has 1 aliphatic rings. The fourth-order valence-corrected chi connectivity index (χ4v) is 3.40. The number of aliphatic hydroxyl groups is 1. The van der Waals surface area contributed by atoms with Crippen LogP contribution in [0.4, 0.5) is 4.39 Å². The summed E-state index contributed by atoms with van der Waals surface area (Å²) in [5.41, 5.74) is 2.65. The second-order valence-electron chi connectivity index (χ2n) is 6.33. The highest BCUT2D eigenvalue weighted by Crippen LogP contribution is 2.34. The number of likely N-dealkylation sites (tertiary alicyclic amines) is 1. The van der Waals surface area contributed by atoms with E-state index in [1.807, 2.05) is 0 Å². The minimum atomic E-state index is -0.626. The number of aryl methyl sites for hydroxylation is 1. The van der Waals surface area contributed by atoms with Crippen LogP contribution in [0, 0.1) is 5.82 Å². The van der Waals surface area contributed by atoms with Gasteiger partial charge in [0.2, 0.25) is 0 Å². The molecule has 1 saturated heterocycles. The molecule has 7 heteroatoms. The van der Waals surface area contributed by atoms with Gasteiger partial charge >= 0.3 is 0 Å². The molecule has 1 amide bonds. The van der Waals surface area contributed by atoms with Crippen LogP contribution in [-0.4, -0.2) is 43.6 Å². The second-order valence-corrected chi connectivity index (χ2v) is 6.33. The van der Waals surface area contributed by atoms with E-state index in [0.29, 0.717) is 23.1 Å². The quantitative estimate of drug-likeness (QED) is 0.775. The van der Waals surface area contributed by atoms with Crippen molar-refractivity contribution in [2.24, 2.45) is 7.05 Å². The molecule has 0 aliphatic carbocycles. The van der Waals surface area contributed by atoms with E-state index < -0.39 is 6.10 Å². The van der Waals surface area contributed by atoms with Gasteiger partial charge in [-0.1, -0.05) is 17.3 Å². The van der Waals surface area contributed by atoms with E-state index in [4.69, 9.17) is 0 Å². The molecule has 1 fully saturated rings. The maximum absolute atomic E-state index is 13.6. The number of hydrogen-bond acceptors (Lipinski definition) is 4. The first kappa shape index (κ1) is 15.7. The van der Waals surface area contributed by atoms with Gasteiger partial charge in [0.15, 0.2) is 0 Å². The lowest BCUT2D eigenvalue weighted by Gasteiger charge is -2.25. The zero-order chi connectivity index (χ0) is 17.6. The van der Waals surface area contributed by atoms with Crippen LogP contribution in [0.1, 0.15) is 28.4 Å². The monoisotopic (exact) mass is 340 g/mol. The van der Waals surface area contributed by atoms with Crippen LogP contribution in [0.5, 0.6) is 0 Å². The molecule has 4 rings (SSSR count). The number of hydrogen-bond donors (Lipinski definition) is 1. The van der Waals surface area contributed by atoms with E-state index >= 15 is 0 Å². The van der Waals surface area contributed by atoms with Gasteiger partial charge in [-0.25, -0.2) is 9.07 Å². The Labute approximate surface area is 143 Å². The zero-order valence-corrected chi connectivity index (χ0v) is 13.6. The van der Waals surface area contributed by atoms with Gasteiger partial charge in [-0.3, -0.25) is 4.79 Å². The van der Waals surface area contributed by atoms with Crippen molar-refractivity contribution in [3.63, 3.8) is 0 Å². The summed E-state index contributed by atoms with van der Waals surface area (Å²) >= 11 is 0. The molecule has 2 aromatic carbocycles. The fraction of sp³-hybridized carbons (Fsp3) is 0.278. The molecular formula is C18H17FN4O2. The molecular weight excluding hydrogens is 323 g/mol. The van der Waals surface area contributed by atoms with Gasteiger partial charge in [0.25, 0.3) is 5.91 Å². The van der Waals surface area contributed by atoms with E-state index in [9.17, 15) is 14.3 Å². The van der Waals surface area contributed by atoms with Crippen LogP contribution in [-0.2, 0) is 7.05 Å². The van der Waals surface area contributed by atoms with Crippen molar-refractivity contribution < 1.29 is 14.3 Å². The average molecular weight is 340 g/mol. The number of amides is 1. The number of rotatable bonds is 2. The molecule has 1 aliphatic heterocycles. The summed E-state index contributed by atoms with van der Waals surface area (Å²) in [6.07, 6.45) is -0.232. The molecule has 1 N–H and O–H groups in total. The number of carbonyl (C=O) groups excluding carboxylic acids is 1. The Morgan fingerprint density at radius 3 is 2.92 bits per heavy atom. The number of aromatic nitrogens is 3. The molecule has 0 spiro atoms. The number of carbonyl (C=O) groups is 1. The number of fused-ring (bicyclic) bond motifs is 1. The largest absolute Gasteiger partial charge is 0.391 e.